The molecule has 2 aliphatic heterocycles. The Morgan fingerprint density at radius 3 is 1.53 bits per heavy atom. The lowest BCUT2D eigenvalue weighted by Crippen LogP contribution is -2.35. The third-order valence-electron chi connectivity index (χ3n) is 10.2. The number of sulfone groups is 4. The molecule has 0 saturated carbocycles. The van der Waals surface area contributed by atoms with Crippen molar-refractivity contribution in [2.45, 2.75) is 75.1 Å². The maximum absolute atomic E-state index is 12.8. The highest BCUT2D eigenvalue weighted by molar-refractivity contribution is 7.94. The molecular weight excluding hydrogens is 887 g/mol. The average molecular weight is 944 g/mol. The lowest BCUT2D eigenvalue weighted by molar-refractivity contribution is -0.128. The van der Waals surface area contributed by atoms with Crippen LogP contribution in [0.15, 0.2) is 101 Å². The van der Waals surface area contributed by atoms with Gasteiger partial charge < -0.3 is 25.8 Å². The topological polar surface area (TPSA) is 201 Å². The number of nitrogens with one attached hydrogen (secondary N) is 1. The Labute approximate surface area is 364 Å². The first-order chi connectivity index (χ1) is 28.0. The average Bonchev–Trinajstić information content (AvgIpc) is 3.77. The van der Waals surface area contributed by atoms with Gasteiger partial charge in [0.25, 0.3) is 0 Å². The van der Waals surface area contributed by atoms with Gasteiger partial charge in [-0.2, -0.15) is 0 Å². The number of amides is 1. The maximum atomic E-state index is 12.8. The van der Waals surface area contributed by atoms with Crippen molar-refractivity contribution in [3.8, 4) is 0 Å². The first-order valence-electron chi connectivity index (χ1n) is 19.4. The molecule has 3 N–H and O–H groups in total. The van der Waals surface area contributed by atoms with Gasteiger partial charge in [0, 0.05) is 69.0 Å². The number of hydrogen-bond donors (Lipinski definition) is 2. The van der Waals surface area contributed by atoms with E-state index < -0.39 is 39.3 Å². The van der Waals surface area contributed by atoms with Gasteiger partial charge in [-0.05, 0) is 112 Å². The molecule has 0 unspecified atom stereocenters. The summed E-state index contributed by atoms with van der Waals surface area (Å²) in [5.41, 5.74) is 5.55. The van der Waals surface area contributed by atoms with Crippen molar-refractivity contribution in [1.29, 1.82) is 0 Å². The Balaban J connectivity index is 0.000000262. The summed E-state index contributed by atoms with van der Waals surface area (Å²) in [5, 5.41) is 3.30. The summed E-state index contributed by atoms with van der Waals surface area (Å²) in [5.74, 6) is -0.000271. The first-order valence-corrected chi connectivity index (χ1v) is 27.3. The van der Waals surface area contributed by atoms with Crippen LogP contribution < -0.4 is 11.1 Å². The second-order valence-electron chi connectivity index (χ2n) is 14.2. The standard InChI is InChI=1S/C20H27N3O5S3.C19H26N2O4S3.CH4/c1-16(24)23-10-2-9-22(11-12-23)13-14-30(25,26)18-4-6-19(7-5-18)31(27,28)20-8-3-17(15-21)29-20;1-2-16-4-9-19(26-16)28(24,25)18-7-5-17(6-8-18)27(22,23)15-14-21-12-3-10-20-11-13-21;/h3-8H,2,9-15,21H2,1H3;4-9,20H,2-3,10-15H2,1H3;1H4. The summed E-state index contributed by atoms with van der Waals surface area (Å²) < 4.78 is 102. The number of benzene rings is 2. The van der Waals surface area contributed by atoms with Crippen LogP contribution in [0.5, 0.6) is 0 Å². The van der Waals surface area contributed by atoms with Crippen LogP contribution in [0.2, 0.25) is 0 Å². The van der Waals surface area contributed by atoms with E-state index in [1.165, 1.54) is 65.9 Å². The normalized spacial score (nSPS) is 16.2. The number of aryl methyl sites for hydroxylation is 1. The van der Waals surface area contributed by atoms with E-state index in [1.807, 2.05) is 17.9 Å². The number of nitrogens with two attached hydrogens (primary N) is 1. The molecule has 60 heavy (non-hydrogen) atoms. The van der Waals surface area contributed by atoms with Gasteiger partial charge in [-0.25, -0.2) is 33.7 Å². The van der Waals surface area contributed by atoms with Crippen LogP contribution in [0.3, 0.4) is 0 Å². The molecule has 1 amide bonds. The lowest BCUT2D eigenvalue weighted by atomic mass is 10.4. The van der Waals surface area contributed by atoms with Crippen molar-refractivity contribution >= 4 is 67.9 Å². The molecule has 2 fully saturated rings. The van der Waals surface area contributed by atoms with Crippen molar-refractivity contribution in [3.05, 3.63) is 82.6 Å². The molecule has 0 atom stereocenters. The smallest absolute Gasteiger partial charge is 0.219 e. The third-order valence-corrected chi connectivity index (χ3v) is 20.4. The Bertz CT molecular complexity index is 2460. The molecule has 4 aromatic rings. The van der Waals surface area contributed by atoms with Crippen LogP contribution in [0.25, 0.3) is 0 Å². The van der Waals surface area contributed by atoms with Gasteiger partial charge >= 0.3 is 0 Å². The first kappa shape index (κ1) is 49.6. The van der Waals surface area contributed by atoms with E-state index in [1.54, 1.807) is 24.0 Å². The Morgan fingerprint density at radius 1 is 0.600 bits per heavy atom. The molecule has 2 aromatic carbocycles. The number of carbonyl (C=O) groups excluding carboxylic acids is 1. The second kappa shape index (κ2) is 21.8. The highest BCUT2D eigenvalue weighted by Crippen LogP contribution is 2.30. The Kier molecular flexibility index (Phi) is 18.1. The van der Waals surface area contributed by atoms with E-state index in [4.69, 9.17) is 5.73 Å². The van der Waals surface area contributed by atoms with Crippen molar-refractivity contribution in [2.24, 2.45) is 5.73 Å². The van der Waals surface area contributed by atoms with Gasteiger partial charge in [-0.1, -0.05) is 14.4 Å². The minimum atomic E-state index is -3.71. The van der Waals surface area contributed by atoms with E-state index in [0.717, 1.165) is 73.1 Å². The van der Waals surface area contributed by atoms with Crippen LogP contribution in [-0.2, 0) is 57.1 Å². The number of nitrogens with zero attached hydrogens (tertiary/aromatic N) is 3. The van der Waals surface area contributed by atoms with Crippen molar-refractivity contribution in [2.75, 3.05) is 77.0 Å². The van der Waals surface area contributed by atoms with Gasteiger partial charge in [-0.3, -0.25) is 4.79 Å². The molecule has 4 heterocycles. The van der Waals surface area contributed by atoms with Crippen LogP contribution >= 0.6 is 22.7 Å². The van der Waals surface area contributed by atoms with E-state index >= 15 is 0 Å². The summed E-state index contributed by atoms with van der Waals surface area (Å²) in [6.07, 6.45) is 2.60. The maximum Gasteiger partial charge on any atom is 0.219 e. The largest absolute Gasteiger partial charge is 0.342 e. The van der Waals surface area contributed by atoms with Crippen molar-refractivity contribution in [3.63, 3.8) is 0 Å². The van der Waals surface area contributed by atoms with Gasteiger partial charge in [0.1, 0.15) is 8.42 Å². The number of rotatable bonds is 14. The molecule has 0 radical (unpaired) electrons. The van der Waals surface area contributed by atoms with E-state index in [0.29, 0.717) is 32.7 Å². The molecule has 2 saturated heterocycles. The molecule has 2 aromatic heterocycles. The van der Waals surface area contributed by atoms with E-state index in [9.17, 15) is 38.5 Å². The summed E-state index contributed by atoms with van der Waals surface area (Å²) in [7, 11) is -14.3. The predicted molar refractivity (Wildman–Crippen MR) is 238 cm³/mol. The quantitative estimate of drug-likeness (QED) is 0.182. The zero-order chi connectivity index (χ0) is 42.8. The zero-order valence-corrected chi connectivity index (χ0v) is 38.2. The lowest BCUT2D eigenvalue weighted by Gasteiger charge is -2.21. The van der Waals surface area contributed by atoms with Crippen molar-refractivity contribution < 1.29 is 38.5 Å². The summed E-state index contributed by atoms with van der Waals surface area (Å²) in [6, 6.07) is 17.6. The summed E-state index contributed by atoms with van der Waals surface area (Å²) in [6.45, 7) is 10.9. The SMILES string of the molecule is C.CC(=O)N1CCCN(CCS(=O)(=O)c2ccc(S(=O)(=O)c3ccc(CN)s3)cc2)CC1.CCc1ccc(S(=O)(=O)c2ccc(S(=O)(=O)CCN3CCCNCC3)cc2)s1. The molecule has 2 aliphatic rings. The fourth-order valence-corrected chi connectivity index (χ4v) is 14.5. The Morgan fingerprint density at radius 2 is 1.07 bits per heavy atom. The minimum Gasteiger partial charge on any atom is -0.342 e. The fraction of sp³-hybridized carbons (Fsp3) is 0.475. The van der Waals surface area contributed by atoms with E-state index in [-0.39, 0.29) is 59.4 Å². The van der Waals surface area contributed by atoms with Crippen LogP contribution in [0.4, 0.5) is 0 Å². The van der Waals surface area contributed by atoms with E-state index in [2.05, 4.69) is 10.2 Å². The molecular formula is C40H57N5O9S6. The molecule has 0 aliphatic carbocycles. The predicted octanol–water partition coefficient (Wildman–Crippen LogP) is 4.22. The van der Waals surface area contributed by atoms with Crippen LogP contribution in [0.1, 0.15) is 43.9 Å². The number of hydrogen-bond acceptors (Lipinski definition) is 15. The second-order valence-corrected chi connectivity index (χ2v) is 25.1. The molecule has 0 spiro atoms. The highest BCUT2D eigenvalue weighted by atomic mass is 32.2. The molecule has 14 nitrogen and oxygen atoms in total. The molecule has 332 valence electrons. The molecule has 6 rings (SSSR count). The number of carbonyl (C=O) groups is 1. The van der Waals surface area contributed by atoms with Gasteiger partial charge in [0.2, 0.25) is 25.6 Å². The molecule has 20 heteroatoms. The third kappa shape index (κ3) is 13.0. The highest BCUT2D eigenvalue weighted by Gasteiger charge is 2.25. The van der Waals surface area contributed by atoms with Gasteiger partial charge in [0.05, 0.1) is 31.1 Å². The van der Waals surface area contributed by atoms with Gasteiger partial charge in [0.15, 0.2) is 19.7 Å². The minimum absolute atomic E-state index is 0. The molecule has 0 bridgehead atoms. The summed E-state index contributed by atoms with van der Waals surface area (Å²) >= 11 is 2.36. The van der Waals surface area contributed by atoms with Crippen molar-refractivity contribution in [1.82, 2.24) is 20.0 Å². The summed E-state index contributed by atoms with van der Waals surface area (Å²) in [4.78, 5) is 19.7. The zero-order valence-electron chi connectivity index (χ0n) is 33.3. The number of thiophene rings is 2. The fourth-order valence-electron chi connectivity index (χ4n) is 6.56. The monoisotopic (exact) mass is 943 g/mol. The van der Waals surface area contributed by atoms with Crippen LogP contribution in [0, 0.1) is 0 Å². The van der Waals surface area contributed by atoms with Crippen LogP contribution in [-0.4, -0.2) is 131 Å². The van der Waals surface area contributed by atoms with Gasteiger partial charge in [-0.15, -0.1) is 22.7 Å². The Hall–Kier alpha value is -3.05.